The molecule has 0 saturated heterocycles. The lowest BCUT2D eigenvalue weighted by Crippen LogP contribution is -2.21. The van der Waals surface area contributed by atoms with Gasteiger partial charge in [-0.2, -0.15) is 0 Å². The van der Waals surface area contributed by atoms with E-state index in [4.69, 9.17) is 10.5 Å². The molecular formula is C19H23ClN2O. The number of H-pyrrole nitrogens is 1. The minimum absolute atomic E-state index is 0. The number of nitrogens with one attached hydrogen (secondary N) is 1. The molecule has 0 radical (unpaired) electrons. The molecule has 0 saturated carbocycles. The van der Waals surface area contributed by atoms with Gasteiger partial charge < -0.3 is 15.5 Å². The molecule has 4 heteroatoms. The Kier molecular flexibility index (Phi) is 6.08. The Balaban J connectivity index is 0.00000192. The smallest absolute Gasteiger partial charge is 0.120 e. The zero-order chi connectivity index (χ0) is 15.4. The topological polar surface area (TPSA) is 51.0 Å². The second kappa shape index (κ2) is 8.04. The van der Waals surface area contributed by atoms with E-state index in [1.807, 2.05) is 24.3 Å². The van der Waals surface area contributed by atoms with Crippen molar-refractivity contribution in [3.05, 3.63) is 65.9 Å². The fourth-order valence-corrected chi connectivity index (χ4v) is 2.58. The van der Waals surface area contributed by atoms with Gasteiger partial charge in [0.1, 0.15) is 12.4 Å². The molecule has 2 aromatic carbocycles. The maximum absolute atomic E-state index is 6.08. The number of hydrogen-bond acceptors (Lipinski definition) is 2. The first-order valence-corrected chi connectivity index (χ1v) is 7.78. The lowest BCUT2D eigenvalue weighted by Gasteiger charge is -2.09. The molecule has 3 N–H and O–H groups in total. The maximum atomic E-state index is 6.08. The molecule has 0 aliphatic rings. The number of rotatable bonds is 6. The average molecular weight is 331 g/mol. The standard InChI is InChI=1S/C19H22N2O.ClH/c1-2-16(20)10-15-12-21-19-9-8-17(11-18(15)19)22-13-14-6-4-3-5-7-14;/h3-9,11-12,16,21H,2,10,13,20H2,1H3;1H. The Hall–Kier alpha value is -1.97. The molecular weight excluding hydrogens is 308 g/mol. The first-order chi connectivity index (χ1) is 10.8. The molecule has 0 aliphatic carbocycles. The molecule has 0 fully saturated rings. The number of halogens is 1. The van der Waals surface area contributed by atoms with Crippen LogP contribution in [0.3, 0.4) is 0 Å². The van der Waals surface area contributed by atoms with Crippen molar-refractivity contribution in [3.8, 4) is 5.75 Å². The molecule has 1 heterocycles. The van der Waals surface area contributed by atoms with Crippen LogP contribution in [0.2, 0.25) is 0 Å². The van der Waals surface area contributed by atoms with Gasteiger partial charge >= 0.3 is 0 Å². The number of benzene rings is 2. The highest BCUT2D eigenvalue weighted by Crippen LogP contribution is 2.25. The van der Waals surface area contributed by atoms with Crippen LogP contribution in [0.1, 0.15) is 24.5 Å². The molecule has 122 valence electrons. The van der Waals surface area contributed by atoms with Crippen molar-refractivity contribution in [1.29, 1.82) is 0 Å². The zero-order valence-electron chi connectivity index (χ0n) is 13.3. The van der Waals surface area contributed by atoms with E-state index in [1.54, 1.807) is 0 Å². The van der Waals surface area contributed by atoms with Crippen LogP contribution in [-0.2, 0) is 13.0 Å². The summed E-state index contributed by atoms with van der Waals surface area (Å²) in [6, 6.07) is 16.6. The van der Waals surface area contributed by atoms with Gasteiger partial charge in [-0.15, -0.1) is 12.4 Å². The van der Waals surface area contributed by atoms with Gasteiger partial charge in [0.05, 0.1) is 0 Å². The minimum Gasteiger partial charge on any atom is -0.489 e. The Morgan fingerprint density at radius 2 is 1.91 bits per heavy atom. The second-order valence-corrected chi connectivity index (χ2v) is 5.67. The van der Waals surface area contributed by atoms with Gasteiger partial charge in [0.2, 0.25) is 0 Å². The molecule has 0 bridgehead atoms. The summed E-state index contributed by atoms with van der Waals surface area (Å²) in [5, 5.41) is 1.20. The highest BCUT2D eigenvalue weighted by molar-refractivity contribution is 5.85. The predicted molar refractivity (Wildman–Crippen MR) is 98.3 cm³/mol. The Morgan fingerprint density at radius 3 is 2.65 bits per heavy atom. The normalized spacial score (nSPS) is 11.9. The number of nitrogens with two attached hydrogens (primary N) is 1. The van der Waals surface area contributed by atoms with Crippen LogP contribution in [-0.4, -0.2) is 11.0 Å². The van der Waals surface area contributed by atoms with Crippen LogP contribution in [0.25, 0.3) is 10.9 Å². The highest BCUT2D eigenvalue weighted by atomic mass is 35.5. The van der Waals surface area contributed by atoms with Gasteiger partial charge in [0.15, 0.2) is 0 Å². The Morgan fingerprint density at radius 1 is 1.13 bits per heavy atom. The van der Waals surface area contributed by atoms with Crippen LogP contribution in [0, 0.1) is 0 Å². The molecule has 3 nitrogen and oxygen atoms in total. The molecule has 0 spiro atoms. The third-order valence-corrected chi connectivity index (χ3v) is 3.99. The summed E-state index contributed by atoms with van der Waals surface area (Å²) >= 11 is 0. The average Bonchev–Trinajstić information content (AvgIpc) is 2.96. The van der Waals surface area contributed by atoms with Crippen molar-refractivity contribution in [2.24, 2.45) is 5.73 Å². The monoisotopic (exact) mass is 330 g/mol. The molecule has 3 aromatic rings. The third kappa shape index (κ3) is 4.27. The van der Waals surface area contributed by atoms with Crippen LogP contribution in [0.4, 0.5) is 0 Å². The van der Waals surface area contributed by atoms with Gasteiger partial charge in [0, 0.05) is 23.1 Å². The van der Waals surface area contributed by atoms with E-state index >= 15 is 0 Å². The summed E-state index contributed by atoms with van der Waals surface area (Å²) in [7, 11) is 0. The number of aromatic amines is 1. The summed E-state index contributed by atoms with van der Waals surface area (Å²) < 4.78 is 5.91. The SMILES string of the molecule is CCC(N)Cc1c[nH]c2ccc(OCc3ccccc3)cc12.Cl. The molecule has 1 aromatic heterocycles. The summed E-state index contributed by atoms with van der Waals surface area (Å²) in [6.07, 6.45) is 3.93. The molecule has 0 aliphatic heterocycles. The van der Waals surface area contributed by atoms with E-state index < -0.39 is 0 Å². The van der Waals surface area contributed by atoms with E-state index in [0.717, 1.165) is 24.1 Å². The van der Waals surface area contributed by atoms with Crippen molar-refractivity contribution in [1.82, 2.24) is 4.98 Å². The first kappa shape index (κ1) is 17.4. The first-order valence-electron chi connectivity index (χ1n) is 7.78. The summed E-state index contributed by atoms with van der Waals surface area (Å²) in [5.41, 5.74) is 9.64. The Labute approximate surface area is 143 Å². The summed E-state index contributed by atoms with van der Waals surface area (Å²) in [6.45, 7) is 2.70. The number of hydrogen-bond donors (Lipinski definition) is 2. The van der Waals surface area contributed by atoms with E-state index in [9.17, 15) is 0 Å². The van der Waals surface area contributed by atoms with Crippen LogP contribution in [0.5, 0.6) is 5.75 Å². The van der Waals surface area contributed by atoms with Gasteiger partial charge in [-0.1, -0.05) is 37.3 Å². The fraction of sp³-hybridized carbons (Fsp3) is 0.263. The second-order valence-electron chi connectivity index (χ2n) is 5.67. The number of fused-ring (bicyclic) bond motifs is 1. The molecule has 0 amide bonds. The van der Waals surface area contributed by atoms with Crippen molar-refractivity contribution in [3.63, 3.8) is 0 Å². The minimum atomic E-state index is 0. The fourth-order valence-electron chi connectivity index (χ4n) is 2.58. The van der Waals surface area contributed by atoms with Gasteiger partial charge in [-0.3, -0.25) is 0 Å². The van der Waals surface area contributed by atoms with Crippen molar-refractivity contribution in [2.45, 2.75) is 32.4 Å². The molecule has 23 heavy (non-hydrogen) atoms. The third-order valence-electron chi connectivity index (χ3n) is 3.99. The Bertz CT molecular complexity index is 739. The lowest BCUT2D eigenvalue weighted by molar-refractivity contribution is 0.306. The molecule has 1 atom stereocenters. The van der Waals surface area contributed by atoms with Crippen molar-refractivity contribution < 1.29 is 4.74 Å². The number of ether oxygens (including phenoxy) is 1. The lowest BCUT2D eigenvalue weighted by atomic mass is 10.0. The number of aromatic nitrogens is 1. The van der Waals surface area contributed by atoms with Gasteiger partial charge in [0.25, 0.3) is 0 Å². The van der Waals surface area contributed by atoms with Crippen LogP contribution >= 0.6 is 12.4 Å². The van der Waals surface area contributed by atoms with Crippen LogP contribution in [0.15, 0.2) is 54.7 Å². The largest absolute Gasteiger partial charge is 0.489 e. The van der Waals surface area contributed by atoms with E-state index in [1.165, 1.54) is 16.5 Å². The van der Waals surface area contributed by atoms with Gasteiger partial charge in [-0.05, 0) is 42.2 Å². The highest BCUT2D eigenvalue weighted by Gasteiger charge is 2.08. The quantitative estimate of drug-likeness (QED) is 0.701. The van der Waals surface area contributed by atoms with Crippen molar-refractivity contribution in [2.75, 3.05) is 0 Å². The van der Waals surface area contributed by atoms with E-state index in [0.29, 0.717) is 6.61 Å². The predicted octanol–water partition coefficient (Wildman–Crippen LogP) is 4.45. The maximum Gasteiger partial charge on any atom is 0.120 e. The van der Waals surface area contributed by atoms with E-state index in [-0.39, 0.29) is 18.4 Å². The molecule has 1 unspecified atom stereocenters. The van der Waals surface area contributed by atoms with Crippen LogP contribution < -0.4 is 10.5 Å². The summed E-state index contributed by atoms with van der Waals surface area (Å²) in [5.74, 6) is 0.891. The zero-order valence-corrected chi connectivity index (χ0v) is 14.1. The van der Waals surface area contributed by atoms with E-state index in [2.05, 4.69) is 42.4 Å². The van der Waals surface area contributed by atoms with Gasteiger partial charge in [-0.25, -0.2) is 0 Å². The van der Waals surface area contributed by atoms with Crippen molar-refractivity contribution >= 4 is 23.3 Å². The molecule has 3 rings (SSSR count). The summed E-state index contributed by atoms with van der Waals surface area (Å²) in [4.78, 5) is 3.31.